The van der Waals surface area contributed by atoms with Crippen molar-refractivity contribution in [2.75, 3.05) is 23.4 Å². The van der Waals surface area contributed by atoms with Gasteiger partial charge in [0.1, 0.15) is 6.61 Å². The van der Waals surface area contributed by atoms with E-state index in [2.05, 4.69) is 5.32 Å². The van der Waals surface area contributed by atoms with E-state index in [0.717, 1.165) is 11.4 Å². The van der Waals surface area contributed by atoms with Crippen molar-refractivity contribution in [2.24, 2.45) is 5.41 Å². The Balaban J connectivity index is 2.07. The second-order valence-electron chi connectivity index (χ2n) is 5.52. The van der Waals surface area contributed by atoms with E-state index in [1.54, 1.807) is 29.2 Å². The van der Waals surface area contributed by atoms with E-state index in [1.807, 2.05) is 20.8 Å². The molecule has 1 aromatic rings. The highest BCUT2D eigenvalue weighted by Gasteiger charge is 2.24. The van der Waals surface area contributed by atoms with Crippen LogP contribution in [-0.4, -0.2) is 25.2 Å². The number of nitrogens with zero attached hydrogens (tertiary/aromatic N) is 1. The molecule has 19 heavy (non-hydrogen) atoms. The Morgan fingerprint density at radius 2 is 1.89 bits per heavy atom. The third kappa shape index (κ3) is 3.05. The summed E-state index contributed by atoms with van der Waals surface area (Å²) in [7, 11) is 0. The fraction of sp³-hybridized carbons (Fsp3) is 0.429. The number of carbonyl (C=O) groups is 2. The zero-order chi connectivity index (χ0) is 14.0. The number of rotatable bonds is 2. The lowest BCUT2D eigenvalue weighted by molar-refractivity contribution is -0.123. The topological polar surface area (TPSA) is 58.6 Å². The van der Waals surface area contributed by atoms with Crippen molar-refractivity contribution in [2.45, 2.75) is 20.8 Å². The first-order chi connectivity index (χ1) is 8.88. The first kappa shape index (κ1) is 13.4. The van der Waals surface area contributed by atoms with Gasteiger partial charge in [-0.1, -0.05) is 20.8 Å². The third-order valence-corrected chi connectivity index (χ3v) is 2.88. The van der Waals surface area contributed by atoms with Gasteiger partial charge in [0.05, 0.1) is 6.54 Å². The van der Waals surface area contributed by atoms with E-state index < -0.39 is 5.41 Å². The normalized spacial score (nSPS) is 15.3. The molecule has 0 aromatic heterocycles. The van der Waals surface area contributed by atoms with Crippen LogP contribution in [0.1, 0.15) is 20.8 Å². The second-order valence-corrected chi connectivity index (χ2v) is 5.52. The molecule has 1 N–H and O–H groups in total. The Bertz CT molecular complexity index is 488. The standard InChI is InChI=1S/C14H18N2O3/c1-14(2,3)12(17)15-10-4-6-11(7-5-10)16-8-9-19-13(16)18/h4-7H,8-9H2,1-3H3,(H,15,17). The maximum Gasteiger partial charge on any atom is 0.414 e. The molecule has 0 aliphatic carbocycles. The molecule has 2 amide bonds. The average molecular weight is 262 g/mol. The number of amides is 2. The lowest BCUT2D eigenvalue weighted by atomic mass is 9.95. The van der Waals surface area contributed by atoms with Crippen LogP contribution in [-0.2, 0) is 9.53 Å². The lowest BCUT2D eigenvalue weighted by Crippen LogP contribution is -2.27. The molecular weight excluding hydrogens is 244 g/mol. The second kappa shape index (κ2) is 4.91. The lowest BCUT2D eigenvalue weighted by Gasteiger charge is -2.18. The van der Waals surface area contributed by atoms with Crippen LogP contribution in [0.3, 0.4) is 0 Å². The van der Waals surface area contributed by atoms with E-state index in [0.29, 0.717) is 13.2 Å². The van der Waals surface area contributed by atoms with Crippen molar-refractivity contribution in [1.29, 1.82) is 0 Å². The largest absolute Gasteiger partial charge is 0.447 e. The third-order valence-electron chi connectivity index (χ3n) is 2.88. The Kier molecular flexibility index (Phi) is 3.46. The van der Waals surface area contributed by atoms with Gasteiger partial charge in [-0.15, -0.1) is 0 Å². The van der Waals surface area contributed by atoms with Crippen molar-refractivity contribution in [3.8, 4) is 0 Å². The number of hydrogen-bond donors (Lipinski definition) is 1. The summed E-state index contributed by atoms with van der Waals surface area (Å²) in [5.41, 5.74) is 1.06. The predicted molar refractivity (Wildman–Crippen MR) is 73.2 cm³/mol. The average Bonchev–Trinajstić information content (AvgIpc) is 2.75. The maximum absolute atomic E-state index is 11.8. The summed E-state index contributed by atoms with van der Waals surface area (Å²) in [4.78, 5) is 24.8. The Morgan fingerprint density at radius 1 is 1.26 bits per heavy atom. The van der Waals surface area contributed by atoms with Crippen molar-refractivity contribution in [1.82, 2.24) is 0 Å². The van der Waals surface area contributed by atoms with Gasteiger partial charge in [-0.3, -0.25) is 9.69 Å². The minimum Gasteiger partial charge on any atom is -0.447 e. The van der Waals surface area contributed by atoms with Crippen molar-refractivity contribution in [3.05, 3.63) is 24.3 Å². The Labute approximate surface area is 112 Å². The van der Waals surface area contributed by atoms with Crippen LogP contribution in [0, 0.1) is 5.41 Å². The molecule has 5 heteroatoms. The van der Waals surface area contributed by atoms with Gasteiger partial charge < -0.3 is 10.1 Å². The van der Waals surface area contributed by atoms with Crippen LogP contribution in [0.5, 0.6) is 0 Å². The van der Waals surface area contributed by atoms with Gasteiger partial charge in [0.2, 0.25) is 5.91 Å². The van der Waals surface area contributed by atoms with Crippen LogP contribution in [0.4, 0.5) is 16.2 Å². The number of carbonyl (C=O) groups excluding carboxylic acids is 2. The summed E-state index contributed by atoms with van der Waals surface area (Å²) in [6.07, 6.45) is -0.327. The van der Waals surface area contributed by atoms with Gasteiger partial charge in [0.15, 0.2) is 0 Å². The summed E-state index contributed by atoms with van der Waals surface area (Å²) in [6, 6.07) is 7.16. The smallest absolute Gasteiger partial charge is 0.414 e. The fourth-order valence-corrected chi connectivity index (χ4v) is 1.67. The number of anilines is 2. The Morgan fingerprint density at radius 3 is 2.37 bits per heavy atom. The van der Waals surface area contributed by atoms with Crippen molar-refractivity contribution in [3.63, 3.8) is 0 Å². The monoisotopic (exact) mass is 262 g/mol. The quantitative estimate of drug-likeness (QED) is 0.891. The molecule has 5 nitrogen and oxygen atoms in total. The van der Waals surface area contributed by atoms with E-state index in [1.165, 1.54) is 0 Å². The first-order valence-corrected chi connectivity index (χ1v) is 6.24. The highest BCUT2D eigenvalue weighted by atomic mass is 16.6. The number of hydrogen-bond acceptors (Lipinski definition) is 3. The SMILES string of the molecule is CC(C)(C)C(=O)Nc1ccc(N2CCOC2=O)cc1. The summed E-state index contributed by atoms with van der Waals surface area (Å²) in [5.74, 6) is -0.0409. The number of nitrogens with one attached hydrogen (secondary N) is 1. The van der Waals surface area contributed by atoms with Gasteiger partial charge in [-0.05, 0) is 24.3 Å². The molecule has 1 heterocycles. The molecule has 0 atom stereocenters. The van der Waals surface area contributed by atoms with E-state index in [9.17, 15) is 9.59 Å². The van der Waals surface area contributed by atoms with Crippen LogP contribution < -0.4 is 10.2 Å². The molecule has 1 aromatic carbocycles. The molecule has 0 bridgehead atoms. The Hall–Kier alpha value is -2.04. The molecule has 2 rings (SSSR count). The first-order valence-electron chi connectivity index (χ1n) is 6.24. The number of cyclic esters (lactones) is 1. The van der Waals surface area contributed by atoms with Gasteiger partial charge in [-0.2, -0.15) is 0 Å². The van der Waals surface area contributed by atoms with E-state index in [-0.39, 0.29) is 12.0 Å². The summed E-state index contributed by atoms with van der Waals surface area (Å²) in [5, 5.41) is 2.84. The molecule has 1 aliphatic rings. The minimum atomic E-state index is -0.433. The van der Waals surface area contributed by atoms with Crippen LogP contribution in [0.15, 0.2) is 24.3 Å². The van der Waals surface area contributed by atoms with Crippen LogP contribution in [0.2, 0.25) is 0 Å². The van der Waals surface area contributed by atoms with Crippen molar-refractivity contribution < 1.29 is 14.3 Å². The number of ether oxygens (including phenoxy) is 1. The molecule has 0 unspecified atom stereocenters. The molecule has 0 radical (unpaired) electrons. The molecule has 1 aliphatic heterocycles. The highest BCUT2D eigenvalue weighted by Crippen LogP contribution is 2.22. The molecule has 1 fully saturated rings. The maximum atomic E-state index is 11.8. The zero-order valence-corrected chi connectivity index (χ0v) is 11.4. The van der Waals surface area contributed by atoms with Gasteiger partial charge in [0, 0.05) is 16.8 Å². The fourth-order valence-electron chi connectivity index (χ4n) is 1.67. The van der Waals surface area contributed by atoms with Gasteiger partial charge >= 0.3 is 6.09 Å². The molecule has 102 valence electrons. The number of benzene rings is 1. The van der Waals surface area contributed by atoms with Crippen molar-refractivity contribution >= 4 is 23.4 Å². The molecule has 0 spiro atoms. The summed E-state index contributed by atoms with van der Waals surface area (Å²) >= 11 is 0. The highest BCUT2D eigenvalue weighted by molar-refractivity contribution is 5.95. The van der Waals surface area contributed by atoms with Crippen LogP contribution in [0.25, 0.3) is 0 Å². The molecular formula is C14H18N2O3. The molecule has 1 saturated heterocycles. The summed E-state index contributed by atoms with van der Waals surface area (Å²) in [6.45, 7) is 6.55. The van der Waals surface area contributed by atoms with E-state index >= 15 is 0 Å². The minimum absolute atomic E-state index is 0.0409. The zero-order valence-electron chi connectivity index (χ0n) is 11.4. The van der Waals surface area contributed by atoms with Crippen LogP contribution >= 0.6 is 0 Å². The summed E-state index contributed by atoms with van der Waals surface area (Å²) < 4.78 is 4.88. The predicted octanol–water partition coefficient (Wildman–Crippen LogP) is 2.63. The van der Waals surface area contributed by atoms with Gasteiger partial charge in [-0.25, -0.2) is 4.79 Å². The van der Waals surface area contributed by atoms with Gasteiger partial charge in [0.25, 0.3) is 0 Å². The van der Waals surface area contributed by atoms with E-state index in [4.69, 9.17) is 4.74 Å². The molecule has 0 saturated carbocycles.